The first-order chi connectivity index (χ1) is 7.52. The number of hydrogen-bond acceptors (Lipinski definition) is 4. The Balaban J connectivity index is 2.29. The highest BCUT2D eigenvalue weighted by Gasteiger charge is 2.29. The zero-order valence-electron chi connectivity index (χ0n) is 8.69. The van der Waals surface area contributed by atoms with E-state index in [1.165, 1.54) is 0 Å². The van der Waals surface area contributed by atoms with Gasteiger partial charge in [-0.3, -0.25) is 0 Å². The van der Waals surface area contributed by atoms with Gasteiger partial charge in [-0.25, -0.2) is 13.4 Å². The first-order valence-corrected chi connectivity index (χ1v) is 7.26. The fourth-order valence-electron chi connectivity index (χ4n) is 1.94. The Morgan fingerprint density at radius 2 is 2.31 bits per heavy atom. The molecule has 2 N–H and O–H groups in total. The van der Waals surface area contributed by atoms with Gasteiger partial charge in [-0.2, -0.15) is 0 Å². The van der Waals surface area contributed by atoms with Crippen molar-refractivity contribution in [3.05, 3.63) is 28.5 Å². The molecule has 0 aromatic carbocycles. The molecule has 6 heteroatoms. The van der Waals surface area contributed by atoms with E-state index in [2.05, 4.69) is 4.98 Å². The van der Waals surface area contributed by atoms with Crippen LogP contribution in [0.3, 0.4) is 0 Å². The van der Waals surface area contributed by atoms with Crippen molar-refractivity contribution in [3.8, 4) is 0 Å². The average molecular weight is 261 g/mol. The number of hydrogen-bond donors (Lipinski definition) is 1. The molecular weight excluding hydrogens is 248 g/mol. The normalized spacial score (nSPS) is 23.5. The summed E-state index contributed by atoms with van der Waals surface area (Å²) in [5, 5.41) is 0.395. The lowest BCUT2D eigenvalue weighted by Crippen LogP contribution is -2.06. The summed E-state index contributed by atoms with van der Waals surface area (Å²) in [6, 6.07) is 1.86. The molecule has 1 unspecified atom stereocenters. The van der Waals surface area contributed by atoms with Crippen molar-refractivity contribution in [2.45, 2.75) is 18.9 Å². The molecule has 1 saturated heterocycles. The van der Waals surface area contributed by atoms with E-state index in [9.17, 15) is 8.42 Å². The number of pyridine rings is 1. The van der Waals surface area contributed by atoms with Gasteiger partial charge in [-0.05, 0) is 18.1 Å². The first-order valence-electron chi connectivity index (χ1n) is 5.06. The van der Waals surface area contributed by atoms with E-state index in [-0.39, 0.29) is 17.4 Å². The van der Waals surface area contributed by atoms with Crippen molar-refractivity contribution in [2.75, 3.05) is 11.5 Å². The summed E-state index contributed by atoms with van der Waals surface area (Å²) < 4.78 is 22.7. The van der Waals surface area contributed by atoms with Crippen LogP contribution < -0.4 is 5.73 Å². The van der Waals surface area contributed by atoms with Gasteiger partial charge in [0.05, 0.1) is 11.5 Å². The van der Waals surface area contributed by atoms with Crippen LogP contribution in [0.25, 0.3) is 0 Å². The number of aromatic nitrogens is 1. The lowest BCUT2D eigenvalue weighted by atomic mass is 9.99. The van der Waals surface area contributed by atoms with E-state index in [1.807, 2.05) is 6.07 Å². The van der Waals surface area contributed by atoms with Gasteiger partial charge in [-0.1, -0.05) is 11.6 Å². The molecule has 1 aliphatic heterocycles. The molecule has 0 amide bonds. The maximum Gasteiger partial charge on any atom is 0.150 e. The Kier molecular flexibility index (Phi) is 3.19. The topological polar surface area (TPSA) is 73.1 Å². The van der Waals surface area contributed by atoms with Crippen LogP contribution in [0, 0.1) is 0 Å². The van der Waals surface area contributed by atoms with Gasteiger partial charge in [-0.15, -0.1) is 0 Å². The van der Waals surface area contributed by atoms with Crippen molar-refractivity contribution < 1.29 is 8.42 Å². The second kappa shape index (κ2) is 4.31. The van der Waals surface area contributed by atoms with Gasteiger partial charge < -0.3 is 5.73 Å². The fraction of sp³-hybridized carbons (Fsp3) is 0.500. The third-order valence-electron chi connectivity index (χ3n) is 2.86. The van der Waals surface area contributed by atoms with E-state index in [4.69, 9.17) is 17.3 Å². The molecule has 4 nitrogen and oxygen atoms in total. The van der Waals surface area contributed by atoms with Crippen molar-refractivity contribution in [2.24, 2.45) is 5.73 Å². The highest BCUT2D eigenvalue weighted by molar-refractivity contribution is 7.91. The Labute approximate surface area is 99.7 Å². The molecule has 1 aromatic rings. The van der Waals surface area contributed by atoms with Gasteiger partial charge in [0, 0.05) is 24.2 Å². The number of nitrogens with two attached hydrogens (primary N) is 1. The first kappa shape index (κ1) is 11.8. The molecule has 1 aliphatic rings. The molecule has 0 saturated carbocycles. The molecule has 16 heavy (non-hydrogen) atoms. The highest BCUT2D eigenvalue weighted by Crippen LogP contribution is 2.29. The third kappa shape index (κ3) is 2.36. The van der Waals surface area contributed by atoms with Crippen molar-refractivity contribution in [1.29, 1.82) is 0 Å². The number of nitrogens with zero attached hydrogens (tertiary/aromatic N) is 1. The monoisotopic (exact) mass is 260 g/mol. The second-order valence-electron chi connectivity index (χ2n) is 4.02. The van der Waals surface area contributed by atoms with Gasteiger partial charge in [0.2, 0.25) is 0 Å². The fourth-order valence-corrected chi connectivity index (χ4v) is 3.90. The zero-order chi connectivity index (χ0) is 11.8. The molecule has 0 radical (unpaired) electrons. The molecule has 88 valence electrons. The molecule has 0 spiro atoms. The maximum absolute atomic E-state index is 11.4. The molecule has 1 aromatic heterocycles. The quantitative estimate of drug-likeness (QED) is 0.808. The zero-order valence-corrected chi connectivity index (χ0v) is 10.3. The smallest absolute Gasteiger partial charge is 0.150 e. The predicted octanol–water partition coefficient (Wildman–Crippen LogP) is 1.10. The summed E-state index contributed by atoms with van der Waals surface area (Å²) in [5.74, 6) is 0.513. The molecule has 2 rings (SSSR count). The van der Waals surface area contributed by atoms with Crippen LogP contribution in [0.5, 0.6) is 0 Å². The van der Waals surface area contributed by atoms with E-state index >= 15 is 0 Å². The van der Waals surface area contributed by atoms with Crippen LogP contribution in [0.1, 0.15) is 23.5 Å². The summed E-state index contributed by atoms with van der Waals surface area (Å²) in [4.78, 5) is 4.03. The third-order valence-corrected chi connectivity index (χ3v) is 4.96. The van der Waals surface area contributed by atoms with E-state index in [0.29, 0.717) is 18.1 Å². The lowest BCUT2D eigenvalue weighted by Gasteiger charge is -2.09. The standard InChI is InChI=1S/C10H13ClN2O2S/c11-10-8(4-12)3-9(5-13-10)7-1-2-16(14,15)6-7/h3,5,7H,1-2,4,6,12H2. The predicted molar refractivity (Wildman–Crippen MR) is 63.2 cm³/mol. The molecule has 0 aliphatic carbocycles. The van der Waals surface area contributed by atoms with E-state index < -0.39 is 9.84 Å². The minimum absolute atomic E-state index is 0.0417. The summed E-state index contributed by atoms with van der Waals surface area (Å²) >= 11 is 5.85. The molecule has 1 atom stereocenters. The van der Waals surface area contributed by atoms with Crippen LogP contribution in [0.4, 0.5) is 0 Å². The Morgan fingerprint density at radius 1 is 1.56 bits per heavy atom. The van der Waals surface area contributed by atoms with Gasteiger partial charge in [0.25, 0.3) is 0 Å². The Hall–Kier alpha value is -0.650. The van der Waals surface area contributed by atoms with Crippen molar-refractivity contribution >= 4 is 21.4 Å². The largest absolute Gasteiger partial charge is 0.326 e. The van der Waals surface area contributed by atoms with Crippen LogP contribution in [0.2, 0.25) is 5.15 Å². The molecular formula is C10H13ClN2O2S. The van der Waals surface area contributed by atoms with Crippen LogP contribution in [-0.4, -0.2) is 24.9 Å². The second-order valence-corrected chi connectivity index (χ2v) is 6.61. The lowest BCUT2D eigenvalue weighted by molar-refractivity contribution is 0.601. The molecule has 0 bridgehead atoms. The Morgan fingerprint density at radius 3 is 2.88 bits per heavy atom. The van der Waals surface area contributed by atoms with Crippen molar-refractivity contribution in [1.82, 2.24) is 4.98 Å². The minimum atomic E-state index is -2.87. The van der Waals surface area contributed by atoms with Gasteiger partial charge in [0.15, 0.2) is 9.84 Å². The summed E-state index contributed by atoms with van der Waals surface area (Å²) in [6.07, 6.45) is 2.31. The van der Waals surface area contributed by atoms with Gasteiger partial charge >= 0.3 is 0 Å². The van der Waals surface area contributed by atoms with E-state index in [1.54, 1.807) is 6.20 Å². The van der Waals surface area contributed by atoms with Gasteiger partial charge in [0.1, 0.15) is 5.15 Å². The number of halogens is 1. The maximum atomic E-state index is 11.4. The minimum Gasteiger partial charge on any atom is -0.326 e. The summed E-state index contributed by atoms with van der Waals surface area (Å²) in [6.45, 7) is 0.319. The van der Waals surface area contributed by atoms with Crippen LogP contribution in [0.15, 0.2) is 12.3 Å². The Bertz CT molecular complexity index is 502. The number of rotatable bonds is 2. The van der Waals surface area contributed by atoms with Crippen molar-refractivity contribution in [3.63, 3.8) is 0 Å². The SMILES string of the molecule is NCc1cc(C2CCS(=O)(=O)C2)cnc1Cl. The highest BCUT2D eigenvalue weighted by atomic mass is 35.5. The molecule has 1 fully saturated rings. The summed E-state index contributed by atoms with van der Waals surface area (Å²) in [7, 11) is -2.87. The average Bonchev–Trinajstić information content (AvgIpc) is 2.59. The molecule has 2 heterocycles. The number of sulfone groups is 1. The summed E-state index contributed by atoms with van der Waals surface area (Å²) in [5.41, 5.74) is 7.22. The van der Waals surface area contributed by atoms with E-state index in [0.717, 1.165) is 11.1 Å². The van der Waals surface area contributed by atoms with Crippen LogP contribution in [-0.2, 0) is 16.4 Å². The van der Waals surface area contributed by atoms with Crippen LogP contribution >= 0.6 is 11.6 Å².